The van der Waals surface area contributed by atoms with Gasteiger partial charge in [-0.15, -0.1) is 0 Å². The van der Waals surface area contributed by atoms with E-state index in [1.165, 1.54) is 11.1 Å². The molecule has 1 aromatic heterocycles. The molecule has 0 saturated heterocycles. The molecule has 0 radical (unpaired) electrons. The highest BCUT2D eigenvalue weighted by Gasteiger charge is 2.43. The lowest BCUT2D eigenvalue weighted by Crippen LogP contribution is -2.48. The van der Waals surface area contributed by atoms with Gasteiger partial charge in [-0.05, 0) is 48.4 Å². The van der Waals surface area contributed by atoms with Gasteiger partial charge < -0.3 is 5.32 Å². The highest BCUT2D eigenvalue weighted by Crippen LogP contribution is 2.44. The molecule has 23 heavy (non-hydrogen) atoms. The summed E-state index contributed by atoms with van der Waals surface area (Å²) in [5.74, 6) is 0.518. The van der Waals surface area contributed by atoms with E-state index in [0.717, 1.165) is 25.7 Å². The minimum atomic E-state index is -0.195. The average Bonchev–Trinajstić information content (AvgIpc) is 2.57. The van der Waals surface area contributed by atoms with Crippen LogP contribution in [0.3, 0.4) is 0 Å². The van der Waals surface area contributed by atoms with Gasteiger partial charge in [-0.2, -0.15) is 0 Å². The third-order valence-corrected chi connectivity index (χ3v) is 5.02. The molecule has 1 saturated carbocycles. The first-order chi connectivity index (χ1) is 11.2. The fraction of sp³-hybridized carbons (Fsp3) is 0.400. The number of nitrogens with one attached hydrogen (secondary N) is 1. The summed E-state index contributed by atoms with van der Waals surface area (Å²) in [6.07, 6.45) is 7.60. The molecule has 1 aromatic carbocycles. The van der Waals surface area contributed by atoms with Crippen molar-refractivity contribution in [2.45, 2.75) is 38.5 Å². The van der Waals surface area contributed by atoms with E-state index in [1.54, 1.807) is 12.4 Å². The predicted octanol–water partition coefficient (Wildman–Crippen LogP) is 3.71. The van der Waals surface area contributed by atoms with Crippen LogP contribution < -0.4 is 5.32 Å². The fourth-order valence-electron chi connectivity index (χ4n) is 3.32. The van der Waals surface area contributed by atoms with Crippen molar-refractivity contribution in [2.75, 3.05) is 6.54 Å². The maximum absolute atomic E-state index is 12.8. The van der Waals surface area contributed by atoms with Crippen molar-refractivity contribution >= 4 is 5.91 Å². The van der Waals surface area contributed by atoms with Crippen LogP contribution in [0.4, 0.5) is 0 Å². The topological polar surface area (TPSA) is 42.0 Å². The van der Waals surface area contributed by atoms with Crippen LogP contribution in [0.25, 0.3) is 0 Å². The third kappa shape index (κ3) is 3.61. The lowest BCUT2D eigenvalue weighted by molar-refractivity contribution is -0.136. The highest BCUT2D eigenvalue weighted by molar-refractivity contribution is 5.84. The second kappa shape index (κ2) is 6.95. The fourth-order valence-corrected chi connectivity index (χ4v) is 3.32. The SMILES string of the molecule is C[C@H](CNC(=O)C1(Cc2ccccc2)CCC1)c1ccncc1. The zero-order chi connectivity index (χ0) is 16.1. The molecule has 1 aliphatic carbocycles. The number of pyridine rings is 1. The van der Waals surface area contributed by atoms with E-state index in [-0.39, 0.29) is 11.3 Å². The van der Waals surface area contributed by atoms with Crippen LogP contribution >= 0.6 is 0 Å². The lowest BCUT2D eigenvalue weighted by atomic mass is 9.64. The lowest BCUT2D eigenvalue weighted by Gasteiger charge is -2.40. The van der Waals surface area contributed by atoms with Crippen molar-refractivity contribution in [2.24, 2.45) is 5.41 Å². The molecule has 0 aliphatic heterocycles. The number of amides is 1. The van der Waals surface area contributed by atoms with Gasteiger partial charge in [0.05, 0.1) is 5.41 Å². The number of nitrogens with zero attached hydrogens (tertiary/aromatic N) is 1. The Morgan fingerprint density at radius 3 is 2.48 bits per heavy atom. The average molecular weight is 308 g/mol. The minimum Gasteiger partial charge on any atom is -0.355 e. The minimum absolute atomic E-state index is 0.195. The molecule has 1 heterocycles. The van der Waals surface area contributed by atoms with E-state index in [0.29, 0.717) is 12.5 Å². The van der Waals surface area contributed by atoms with Crippen molar-refractivity contribution in [1.29, 1.82) is 0 Å². The number of carbonyl (C=O) groups excluding carboxylic acids is 1. The van der Waals surface area contributed by atoms with Gasteiger partial charge in [-0.25, -0.2) is 0 Å². The van der Waals surface area contributed by atoms with Gasteiger partial charge in [0, 0.05) is 18.9 Å². The van der Waals surface area contributed by atoms with Crippen molar-refractivity contribution < 1.29 is 4.79 Å². The Morgan fingerprint density at radius 2 is 1.87 bits per heavy atom. The molecule has 3 rings (SSSR count). The molecule has 1 amide bonds. The molecule has 3 nitrogen and oxygen atoms in total. The summed E-state index contributed by atoms with van der Waals surface area (Å²) in [5, 5.41) is 3.18. The predicted molar refractivity (Wildman–Crippen MR) is 92.1 cm³/mol. The number of carbonyl (C=O) groups is 1. The summed E-state index contributed by atoms with van der Waals surface area (Å²) in [6, 6.07) is 14.4. The zero-order valence-corrected chi connectivity index (χ0v) is 13.7. The summed E-state index contributed by atoms with van der Waals surface area (Å²) >= 11 is 0. The molecule has 2 aromatic rings. The Balaban J connectivity index is 1.60. The number of hydrogen-bond acceptors (Lipinski definition) is 2. The van der Waals surface area contributed by atoms with Gasteiger partial charge in [-0.1, -0.05) is 43.7 Å². The quantitative estimate of drug-likeness (QED) is 0.884. The molecule has 1 fully saturated rings. The normalized spacial score (nSPS) is 17.1. The Hall–Kier alpha value is -2.16. The summed E-state index contributed by atoms with van der Waals surface area (Å²) in [5.41, 5.74) is 2.27. The smallest absolute Gasteiger partial charge is 0.226 e. The second-order valence-electron chi connectivity index (χ2n) is 6.69. The highest BCUT2D eigenvalue weighted by atomic mass is 16.2. The Labute approximate surface area is 138 Å². The summed E-state index contributed by atoms with van der Waals surface area (Å²) in [7, 11) is 0. The Morgan fingerprint density at radius 1 is 1.17 bits per heavy atom. The van der Waals surface area contributed by atoms with Crippen LogP contribution in [0.5, 0.6) is 0 Å². The first kappa shape index (κ1) is 15.7. The number of hydrogen-bond donors (Lipinski definition) is 1. The van der Waals surface area contributed by atoms with E-state index >= 15 is 0 Å². The standard InChI is InChI=1S/C20H24N2O/c1-16(18-8-12-21-13-9-18)15-22-19(23)20(10-5-11-20)14-17-6-3-2-4-7-17/h2-4,6-9,12-13,16H,5,10-11,14-15H2,1H3,(H,22,23)/t16-/m1/s1. The van der Waals surface area contributed by atoms with Crippen molar-refractivity contribution in [3.63, 3.8) is 0 Å². The summed E-state index contributed by atoms with van der Waals surface area (Å²) in [6.45, 7) is 2.82. The maximum Gasteiger partial charge on any atom is 0.226 e. The molecule has 1 atom stereocenters. The van der Waals surface area contributed by atoms with Gasteiger partial charge >= 0.3 is 0 Å². The largest absolute Gasteiger partial charge is 0.355 e. The van der Waals surface area contributed by atoms with Crippen molar-refractivity contribution in [3.05, 3.63) is 66.0 Å². The van der Waals surface area contributed by atoms with Crippen molar-refractivity contribution in [1.82, 2.24) is 10.3 Å². The number of rotatable bonds is 6. The molecule has 120 valence electrons. The molecular weight excluding hydrogens is 284 g/mol. The Kier molecular flexibility index (Phi) is 4.75. The van der Waals surface area contributed by atoms with Crippen LogP contribution in [0.1, 0.15) is 43.2 Å². The second-order valence-corrected chi connectivity index (χ2v) is 6.69. The van der Waals surface area contributed by atoms with Crippen molar-refractivity contribution in [3.8, 4) is 0 Å². The first-order valence-corrected chi connectivity index (χ1v) is 8.42. The molecule has 0 bridgehead atoms. The zero-order valence-electron chi connectivity index (χ0n) is 13.7. The van der Waals surface area contributed by atoms with Gasteiger partial charge in [-0.3, -0.25) is 9.78 Å². The Bertz CT molecular complexity index is 635. The third-order valence-electron chi connectivity index (χ3n) is 5.02. The molecule has 1 N–H and O–H groups in total. The summed E-state index contributed by atoms with van der Waals surface area (Å²) < 4.78 is 0. The maximum atomic E-state index is 12.8. The summed E-state index contributed by atoms with van der Waals surface area (Å²) in [4.78, 5) is 16.8. The van der Waals surface area contributed by atoms with E-state index in [9.17, 15) is 4.79 Å². The van der Waals surface area contributed by atoms with Gasteiger partial charge in [0.1, 0.15) is 0 Å². The van der Waals surface area contributed by atoms with Gasteiger partial charge in [0.15, 0.2) is 0 Å². The molecule has 1 aliphatic rings. The van der Waals surface area contributed by atoms with Crippen LogP contribution in [0, 0.1) is 5.41 Å². The molecule has 3 heteroatoms. The van der Waals surface area contributed by atoms with E-state index in [4.69, 9.17) is 0 Å². The molecular formula is C20H24N2O. The molecule has 0 spiro atoms. The van der Waals surface area contributed by atoms with Crippen LogP contribution in [0.2, 0.25) is 0 Å². The van der Waals surface area contributed by atoms with E-state index in [2.05, 4.69) is 29.4 Å². The number of aromatic nitrogens is 1. The van der Waals surface area contributed by atoms with E-state index < -0.39 is 0 Å². The van der Waals surface area contributed by atoms with E-state index in [1.807, 2.05) is 30.3 Å². The van der Waals surface area contributed by atoms with Crippen LogP contribution in [-0.2, 0) is 11.2 Å². The van der Waals surface area contributed by atoms with Crippen LogP contribution in [-0.4, -0.2) is 17.4 Å². The number of benzene rings is 1. The molecule has 0 unspecified atom stereocenters. The first-order valence-electron chi connectivity index (χ1n) is 8.42. The van der Waals surface area contributed by atoms with Gasteiger partial charge in [0.25, 0.3) is 0 Å². The monoisotopic (exact) mass is 308 g/mol. The van der Waals surface area contributed by atoms with Gasteiger partial charge in [0.2, 0.25) is 5.91 Å². The van der Waals surface area contributed by atoms with Crippen LogP contribution in [0.15, 0.2) is 54.9 Å².